The van der Waals surface area contributed by atoms with Crippen LogP contribution in [0.25, 0.3) is 6.08 Å². The van der Waals surface area contributed by atoms with Crippen LogP contribution in [0.5, 0.6) is 0 Å². The average Bonchev–Trinajstić information content (AvgIpc) is 2.37. The topological polar surface area (TPSA) is 49.3 Å². The molecule has 0 fully saturated rings. The maximum Gasteiger partial charge on any atom is 0.267 e. The molecule has 0 saturated heterocycles. The summed E-state index contributed by atoms with van der Waals surface area (Å²) >= 11 is 0. The van der Waals surface area contributed by atoms with Crippen LogP contribution in [0.15, 0.2) is 30.3 Å². The van der Waals surface area contributed by atoms with Gasteiger partial charge in [0.25, 0.3) is 5.91 Å². The van der Waals surface area contributed by atoms with Gasteiger partial charge < -0.3 is 0 Å². The summed E-state index contributed by atoms with van der Waals surface area (Å²) in [6, 6.07) is 8.10. The lowest BCUT2D eigenvalue weighted by Gasteiger charge is -2.01. The Kier molecular flexibility index (Phi) is 6.04. The van der Waals surface area contributed by atoms with Crippen LogP contribution in [-0.4, -0.2) is 11.1 Å². The minimum atomic E-state index is -0.517. The van der Waals surface area contributed by atoms with E-state index in [2.05, 4.69) is 19.1 Å². The van der Waals surface area contributed by atoms with Gasteiger partial charge in [-0.05, 0) is 30.0 Å². The molecule has 1 rings (SSSR count). The predicted octanol–water partition coefficient (Wildman–Crippen LogP) is 2.94. The molecule has 0 aliphatic carbocycles. The molecule has 0 bridgehead atoms. The van der Waals surface area contributed by atoms with E-state index in [-0.39, 0.29) is 0 Å². The first-order chi connectivity index (χ1) is 8.26. The zero-order valence-corrected chi connectivity index (χ0v) is 10.1. The highest BCUT2D eigenvalue weighted by Gasteiger charge is 1.94. The summed E-state index contributed by atoms with van der Waals surface area (Å²) < 4.78 is 0. The molecule has 0 heterocycles. The molecule has 3 heteroatoms. The van der Waals surface area contributed by atoms with Gasteiger partial charge in [-0.3, -0.25) is 10.0 Å². The third-order valence-electron chi connectivity index (χ3n) is 2.59. The highest BCUT2D eigenvalue weighted by molar-refractivity contribution is 5.90. The first-order valence-electron chi connectivity index (χ1n) is 5.97. The lowest BCUT2D eigenvalue weighted by atomic mass is 10.1. The molecule has 1 aromatic carbocycles. The summed E-state index contributed by atoms with van der Waals surface area (Å²) in [5.41, 5.74) is 3.83. The quantitative estimate of drug-likeness (QED) is 0.343. The predicted molar refractivity (Wildman–Crippen MR) is 68.6 cm³/mol. The van der Waals surface area contributed by atoms with Crippen LogP contribution in [-0.2, 0) is 11.2 Å². The Hall–Kier alpha value is -1.61. The third-order valence-corrected chi connectivity index (χ3v) is 2.59. The van der Waals surface area contributed by atoms with Crippen molar-refractivity contribution >= 4 is 12.0 Å². The van der Waals surface area contributed by atoms with E-state index >= 15 is 0 Å². The van der Waals surface area contributed by atoms with E-state index in [9.17, 15) is 4.79 Å². The van der Waals surface area contributed by atoms with E-state index in [0.717, 1.165) is 12.0 Å². The second kappa shape index (κ2) is 7.63. The van der Waals surface area contributed by atoms with Gasteiger partial charge in [0.15, 0.2) is 0 Å². The van der Waals surface area contributed by atoms with E-state index in [0.29, 0.717) is 0 Å². The molecule has 2 N–H and O–H groups in total. The SMILES string of the molecule is CCCCCc1ccc(/C=C/C(=O)NO)cc1. The number of aryl methyl sites for hydroxylation is 1. The van der Waals surface area contributed by atoms with Crippen molar-refractivity contribution in [2.75, 3.05) is 0 Å². The molecule has 3 nitrogen and oxygen atoms in total. The lowest BCUT2D eigenvalue weighted by molar-refractivity contribution is -0.124. The van der Waals surface area contributed by atoms with Crippen molar-refractivity contribution < 1.29 is 10.0 Å². The van der Waals surface area contributed by atoms with Gasteiger partial charge in [-0.1, -0.05) is 44.0 Å². The largest absolute Gasteiger partial charge is 0.288 e. The molecule has 0 aliphatic rings. The van der Waals surface area contributed by atoms with E-state index in [1.54, 1.807) is 11.6 Å². The molecule has 0 aromatic heterocycles. The smallest absolute Gasteiger partial charge is 0.267 e. The van der Waals surface area contributed by atoms with Crippen molar-refractivity contribution in [2.45, 2.75) is 32.6 Å². The molecule has 0 radical (unpaired) electrons. The fourth-order valence-electron chi connectivity index (χ4n) is 1.58. The summed E-state index contributed by atoms with van der Waals surface area (Å²) in [5, 5.41) is 8.33. The number of hydroxylamine groups is 1. The highest BCUT2D eigenvalue weighted by atomic mass is 16.5. The van der Waals surface area contributed by atoms with Crippen molar-refractivity contribution in [1.29, 1.82) is 0 Å². The van der Waals surface area contributed by atoms with Gasteiger partial charge in [0.05, 0.1) is 0 Å². The molecule has 0 spiro atoms. The molecular weight excluding hydrogens is 214 g/mol. The number of amides is 1. The fraction of sp³-hybridized carbons (Fsp3) is 0.357. The summed E-state index contributed by atoms with van der Waals surface area (Å²) in [6.45, 7) is 2.19. The zero-order chi connectivity index (χ0) is 12.5. The third kappa shape index (κ3) is 5.31. The van der Waals surface area contributed by atoms with Crippen molar-refractivity contribution in [1.82, 2.24) is 5.48 Å². The van der Waals surface area contributed by atoms with Crippen LogP contribution in [0.3, 0.4) is 0 Å². The molecule has 0 atom stereocenters. The molecule has 92 valence electrons. The second-order valence-corrected chi connectivity index (χ2v) is 4.01. The van der Waals surface area contributed by atoms with Crippen LogP contribution < -0.4 is 5.48 Å². The first kappa shape index (κ1) is 13.5. The fourth-order valence-corrected chi connectivity index (χ4v) is 1.58. The first-order valence-corrected chi connectivity index (χ1v) is 5.97. The molecular formula is C14H19NO2. The van der Waals surface area contributed by atoms with Gasteiger partial charge in [-0.25, -0.2) is 5.48 Å². The number of carbonyl (C=O) groups excluding carboxylic acids is 1. The summed E-state index contributed by atoms with van der Waals surface area (Å²) in [5.74, 6) is -0.517. The molecule has 0 saturated carbocycles. The van der Waals surface area contributed by atoms with Crippen molar-refractivity contribution in [3.63, 3.8) is 0 Å². The maximum atomic E-state index is 10.8. The number of unbranched alkanes of at least 4 members (excludes halogenated alkanes) is 2. The molecule has 0 aliphatic heterocycles. The molecule has 17 heavy (non-hydrogen) atoms. The van der Waals surface area contributed by atoms with Gasteiger partial charge >= 0.3 is 0 Å². The van der Waals surface area contributed by atoms with Gasteiger partial charge in [-0.15, -0.1) is 0 Å². The number of rotatable bonds is 6. The van der Waals surface area contributed by atoms with Gasteiger partial charge in [0.2, 0.25) is 0 Å². The highest BCUT2D eigenvalue weighted by Crippen LogP contribution is 2.09. The van der Waals surface area contributed by atoms with Crippen LogP contribution in [0.2, 0.25) is 0 Å². The van der Waals surface area contributed by atoms with Crippen molar-refractivity contribution in [3.8, 4) is 0 Å². The standard InChI is InChI=1S/C14H19NO2/c1-2-3-4-5-12-6-8-13(9-7-12)10-11-14(16)15-17/h6-11,17H,2-5H2,1H3,(H,15,16)/b11-10+. The Morgan fingerprint density at radius 2 is 2.00 bits per heavy atom. The van der Waals surface area contributed by atoms with Crippen LogP contribution in [0.4, 0.5) is 0 Å². The van der Waals surface area contributed by atoms with E-state index < -0.39 is 5.91 Å². The van der Waals surface area contributed by atoms with E-state index in [1.807, 2.05) is 12.1 Å². The lowest BCUT2D eigenvalue weighted by Crippen LogP contribution is -2.14. The zero-order valence-electron chi connectivity index (χ0n) is 10.1. The van der Waals surface area contributed by atoms with Crippen molar-refractivity contribution in [2.24, 2.45) is 0 Å². The number of hydrogen-bond donors (Lipinski definition) is 2. The number of carbonyl (C=O) groups is 1. The van der Waals surface area contributed by atoms with Crippen LogP contribution in [0.1, 0.15) is 37.3 Å². The van der Waals surface area contributed by atoms with Gasteiger partial charge in [0.1, 0.15) is 0 Å². The van der Waals surface area contributed by atoms with Crippen LogP contribution >= 0.6 is 0 Å². The number of nitrogens with one attached hydrogen (secondary N) is 1. The van der Waals surface area contributed by atoms with Crippen LogP contribution in [0, 0.1) is 0 Å². The Balaban J connectivity index is 2.50. The Bertz CT molecular complexity index is 368. The molecule has 1 aromatic rings. The normalized spacial score (nSPS) is 10.7. The Labute approximate surface area is 102 Å². The second-order valence-electron chi connectivity index (χ2n) is 4.01. The van der Waals surface area contributed by atoms with Gasteiger partial charge in [0, 0.05) is 6.08 Å². The van der Waals surface area contributed by atoms with E-state index in [4.69, 9.17) is 5.21 Å². The maximum absolute atomic E-state index is 10.8. The summed E-state index contributed by atoms with van der Waals surface area (Å²) in [6.07, 6.45) is 7.79. The number of hydrogen-bond acceptors (Lipinski definition) is 2. The molecule has 1 amide bonds. The van der Waals surface area contributed by atoms with Crippen molar-refractivity contribution in [3.05, 3.63) is 41.5 Å². The Morgan fingerprint density at radius 3 is 2.59 bits per heavy atom. The summed E-state index contributed by atoms with van der Waals surface area (Å²) in [7, 11) is 0. The monoisotopic (exact) mass is 233 g/mol. The van der Waals surface area contributed by atoms with Gasteiger partial charge in [-0.2, -0.15) is 0 Å². The summed E-state index contributed by atoms with van der Waals surface area (Å²) in [4.78, 5) is 10.8. The minimum Gasteiger partial charge on any atom is -0.288 e. The van der Waals surface area contributed by atoms with E-state index in [1.165, 1.54) is 30.9 Å². The number of benzene rings is 1. The Morgan fingerprint density at radius 1 is 1.29 bits per heavy atom. The molecule has 0 unspecified atom stereocenters. The average molecular weight is 233 g/mol. The minimum absolute atomic E-state index is 0.517.